The zero-order valence-corrected chi connectivity index (χ0v) is 9.59. The second-order valence-electron chi connectivity index (χ2n) is 3.50. The van der Waals surface area contributed by atoms with Crippen LogP contribution in [0.1, 0.15) is 28.4 Å². The molecular weight excluding hydrogens is 214 g/mol. The molecule has 0 saturated heterocycles. The van der Waals surface area contributed by atoms with Crippen LogP contribution in [0.2, 0.25) is 0 Å². The Morgan fingerprint density at radius 3 is 3.06 bits per heavy atom. The molecule has 3 nitrogen and oxygen atoms in total. The van der Waals surface area contributed by atoms with E-state index in [1.165, 1.54) is 0 Å². The van der Waals surface area contributed by atoms with Crippen LogP contribution in [0, 0.1) is 0 Å². The molecule has 0 atom stereocenters. The van der Waals surface area contributed by atoms with Gasteiger partial charge in [0.1, 0.15) is 0 Å². The molecule has 0 amide bonds. The van der Waals surface area contributed by atoms with Crippen LogP contribution in [0.5, 0.6) is 0 Å². The lowest BCUT2D eigenvalue weighted by atomic mass is 10.00. The first kappa shape index (κ1) is 11.3. The van der Waals surface area contributed by atoms with Gasteiger partial charge in [0, 0.05) is 12.4 Å². The number of nitrogens with zero attached hydrogens (tertiary/aromatic N) is 1. The number of benzene rings is 1. The predicted molar refractivity (Wildman–Crippen MR) is 69.0 cm³/mol. The molecule has 1 aliphatic heterocycles. The summed E-state index contributed by atoms with van der Waals surface area (Å²) in [5.74, 6) is -0.299. The molecule has 0 aromatic heterocycles. The van der Waals surface area contributed by atoms with Gasteiger partial charge in [-0.05, 0) is 36.3 Å². The molecule has 1 aliphatic rings. The Hall–Kier alpha value is -2.16. The van der Waals surface area contributed by atoms with E-state index in [-0.39, 0.29) is 5.97 Å². The number of rotatable bonds is 2. The third-order valence-corrected chi connectivity index (χ3v) is 2.41. The van der Waals surface area contributed by atoms with Crippen molar-refractivity contribution in [3.05, 3.63) is 47.2 Å². The van der Waals surface area contributed by atoms with E-state index in [0.29, 0.717) is 12.2 Å². The molecule has 17 heavy (non-hydrogen) atoms. The molecule has 2 rings (SSSR count). The molecule has 0 bridgehead atoms. The fraction of sp³-hybridized carbons (Fsp3) is 0.143. The zero-order valence-electron chi connectivity index (χ0n) is 9.59. The van der Waals surface area contributed by atoms with E-state index < -0.39 is 0 Å². The summed E-state index contributed by atoms with van der Waals surface area (Å²) < 4.78 is 5.03. The third kappa shape index (κ3) is 2.50. The van der Waals surface area contributed by atoms with Crippen LogP contribution in [-0.4, -0.2) is 18.8 Å². The van der Waals surface area contributed by atoms with Crippen molar-refractivity contribution in [3.63, 3.8) is 0 Å². The van der Waals surface area contributed by atoms with Crippen molar-refractivity contribution in [1.29, 1.82) is 0 Å². The first-order chi connectivity index (χ1) is 8.33. The fourth-order valence-corrected chi connectivity index (χ4v) is 1.66. The summed E-state index contributed by atoms with van der Waals surface area (Å²) in [6.45, 7) is 2.17. The molecule has 1 heterocycles. The molecule has 0 aliphatic carbocycles. The summed E-state index contributed by atoms with van der Waals surface area (Å²) in [6.07, 6.45) is 8.96. The van der Waals surface area contributed by atoms with Gasteiger partial charge in [-0.1, -0.05) is 18.2 Å². The maximum atomic E-state index is 11.8. The Labute approximate surface area is 100 Å². The molecule has 0 N–H and O–H groups in total. The summed E-state index contributed by atoms with van der Waals surface area (Å²) in [5.41, 5.74) is 2.40. The maximum Gasteiger partial charge on any atom is 0.338 e. The monoisotopic (exact) mass is 227 g/mol. The largest absolute Gasteiger partial charge is 0.462 e. The smallest absolute Gasteiger partial charge is 0.338 e. The van der Waals surface area contributed by atoms with Crippen molar-refractivity contribution < 1.29 is 9.53 Å². The Morgan fingerprint density at radius 2 is 2.24 bits per heavy atom. The van der Waals surface area contributed by atoms with Gasteiger partial charge in [-0.3, -0.25) is 4.99 Å². The minimum absolute atomic E-state index is 0.299. The standard InChI is InChI=1S/C14H13NO2/c1-2-17-14(16)13-7-3-5-11-6-4-9-15-10-8-12(11)13/h3-10H,2H2,1H3. The van der Waals surface area contributed by atoms with Crippen molar-refractivity contribution >= 4 is 24.3 Å². The Morgan fingerprint density at radius 1 is 1.35 bits per heavy atom. The normalized spacial score (nSPS) is 12.8. The van der Waals surface area contributed by atoms with Crippen molar-refractivity contribution in [3.8, 4) is 0 Å². The number of hydrogen-bond acceptors (Lipinski definition) is 3. The SMILES string of the molecule is CCOC(=O)c1cccc2c1C=CN=CC=C2. The van der Waals surface area contributed by atoms with E-state index in [2.05, 4.69) is 4.99 Å². The molecule has 3 heteroatoms. The van der Waals surface area contributed by atoms with Gasteiger partial charge in [0.25, 0.3) is 0 Å². The number of carbonyl (C=O) groups excluding carboxylic acids is 1. The number of carbonyl (C=O) groups is 1. The van der Waals surface area contributed by atoms with Crippen LogP contribution in [-0.2, 0) is 4.74 Å². The van der Waals surface area contributed by atoms with Gasteiger partial charge >= 0.3 is 5.97 Å². The second-order valence-corrected chi connectivity index (χ2v) is 3.50. The molecule has 0 unspecified atom stereocenters. The summed E-state index contributed by atoms with van der Waals surface area (Å²) in [4.78, 5) is 15.8. The van der Waals surface area contributed by atoms with E-state index in [1.807, 2.05) is 30.4 Å². The summed E-state index contributed by atoms with van der Waals surface area (Å²) in [6, 6.07) is 5.57. The number of aliphatic imine (C=N–C) groups is 1. The number of ether oxygens (including phenoxy) is 1. The lowest BCUT2D eigenvalue weighted by Gasteiger charge is -2.09. The van der Waals surface area contributed by atoms with Crippen LogP contribution < -0.4 is 0 Å². The Kier molecular flexibility index (Phi) is 3.50. The van der Waals surface area contributed by atoms with Crippen LogP contribution >= 0.6 is 0 Å². The van der Waals surface area contributed by atoms with Gasteiger partial charge in [0.05, 0.1) is 12.2 Å². The molecule has 0 fully saturated rings. The summed E-state index contributed by atoms with van der Waals surface area (Å²) >= 11 is 0. The quantitative estimate of drug-likeness (QED) is 0.728. The van der Waals surface area contributed by atoms with Crippen LogP contribution in [0.4, 0.5) is 0 Å². The maximum absolute atomic E-state index is 11.8. The van der Waals surface area contributed by atoms with Crippen LogP contribution in [0.3, 0.4) is 0 Å². The van der Waals surface area contributed by atoms with Gasteiger partial charge in [0.15, 0.2) is 0 Å². The fourth-order valence-electron chi connectivity index (χ4n) is 1.66. The van der Waals surface area contributed by atoms with E-state index in [0.717, 1.165) is 11.1 Å². The summed E-state index contributed by atoms with van der Waals surface area (Å²) in [7, 11) is 0. The van der Waals surface area contributed by atoms with Gasteiger partial charge < -0.3 is 4.74 Å². The van der Waals surface area contributed by atoms with E-state index in [4.69, 9.17) is 4.74 Å². The highest BCUT2D eigenvalue weighted by molar-refractivity contribution is 5.96. The van der Waals surface area contributed by atoms with Crippen molar-refractivity contribution in [2.75, 3.05) is 6.61 Å². The first-order valence-corrected chi connectivity index (χ1v) is 5.49. The van der Waals surface area contributed by atoms with Gasteiger partial charge in [-0.15, -0.1) is 0 Å². The van der Waals surface area contributed by atoms with Gasteiger partial charge in [-0.2, -0.15) is 0 Å². The number of hydrogen-bond donors (Lipinski definition) is 0. The topological polar surface area (TPSA) is 38.7 Å². The molecule has 0 spiro atoms. The summed E-state index contributed by atoms with van der Waals surface area (Å²) in [5, 5.41) is 0. The molecule has 86 valence electrons. The zero-order chi connectivity index (χ0) is 12.1. The van der Waals surface area contributed by atoms with Crippen molar-refractivity contribution in [2.24, 2.45) is 4.99 Å². The molecule has 0 radical (unpaired) electrons. The van der Waals surface area contributed by atoms with Crippen LogP contribution in [0.25, 0.3) is 12.2 Å². The first-order valence-electron chi connectivity index (χ1n) is 5.49. The minimum atomic E-state index is -0.299. The lowest BCUT2D eigenvalue weighted by molar-refractivity contribution is 0.0526. The number of esters is 1. The number of allylic oxidation sites excluding steroid dienone is 1. The van der Waals surface area contributed by atoms with Gasteiger partial charge in [0.2, 0.25) is 0 Å². The highest BCUT2D eigenvalue weighted by atomic mass is 16.5. The molecular formula is C14H13NO2. The third-order valence-electron chi connectivity index (χ3n) is 2.41. The average Bonchev–Trinajstić information content (AvgIpc) is 2.29. The van der Waals surface area contributed by atoms with E-state index in [1.54, 1.807) is 25.4 Å². The molecule has 1 aromatic carbocycles. The highest BCUT2D eigenvalue weighted by Crippen LogP contribution is 2.20. The van der Waals surface area contributed by atoms with Crippen molar-refractivity contribution in [2.45, 2.75) is 6.92 Å². The van der Waals surface area contributed by atoms with Crippen molar-refractivity contribution in [1.82, 2.24) is 0 Å². The van der Waals surface area contributed by atoms with Gasteiger partial charge in [-0.25, -0.2) is 4.79 Å². The molecule has 0 saturated carbocycles. The van der Waals surface area contributed by atoms with E-state index in [9.17, 15) is 4.79 Å². The second kappa shape index (κ2) is 5.25. The molecule has 1 aromatic rings. The lowest BCUT2D eigenvalue weighted by Crippen LogP contribution is -2.07. The van der Waals surface area contributed by atoms with Crippen LogP contribution in [0.15, 0.2) is 35.5 Å². The Bertz CT molecular complexity index is 513. The number of fused-ring (bicyclic) bond motifs is 1. The predicted octanol–water partition coefficient (Wildman–Crippen LogP) is 2.93. The van der Waals surface area contributed by atoms with E-state index >= 15 is 0 Å². The Balaban J connectivity index is 2.49. The highest BCUT2D eigenvalue weighted by Gasteiger charge is 2.12. The average molecular weight is 227 g/mol. The minimum Gasteiger partial charge on any atom is -0.462 e.